The Morgan fingerprint density at radius 3 is 2.64 bits per heavy atom. The van der Waals surface area contributed by atoms with Gasteiger partial charge in [0.15, 0.2) is 0 Å². The Hall–Kier alpha value is -2.57. The molecule has 2 heterocycles. The fraction of sp³-hybridized carbons (Fsp3) is 0.500. The number of benzene rings is 1. The number of hydrogen-bond donors (Lipinski definition) is 3. The first-order chi connectivity index (χ1) is 11.8. The number of amides is 3. The van der Waals surface area contributed by atoms with Gasteiger partial charge in [0, 0.05) is 30.2 Å². The third kappa shape index (κ3) is 4.29. The van der Waals surface area contributed by atoms with E-state index in [0.29, 0.717) is 18.7 Å². The largest absolute Gasteiger partial charge is 0.349 e. The molecule has 0 atom stereocenters. The lowest BCUT2D eigenvalue weighted by atomic mass is 10.0. The lowest BCUT2D eigenvalue weighted by Crippen LogP contribution is -2.53. The minimum Gasteiger partial charge on any atom is -0.349 e. The molecule has 0 saturated carbocycles. The Morgan fingerprint density at radius 1 is 1.24 bits per heavy atom. The van der Waals surface area contributed by atoms with E-state index in [4.69, 9.17) is 0 Å². The van der Waals surface area contributed by atoms with Crippen LogP contribution in [0.3, 0.4) is 0 Å². The van der Waals surface area contributed by atoms with E-state index in [1.165, 1.54) is 0 Å². The van der Waals surface area contributed by atoms with Crippen LogP contribution in [0.25, 0.3) is 11.0 Å². The highest BCUT2D eigenvalue weighted by molar-refractivity contribution is 5.97. The Kier molecular flexibility index (Phi) is 4.65. The molecule has 0 unspecified atom stereocenters. The predicted octanol–water partition coefficient (Wildman–Crippen LogP) is 2.27. The monoisotopic (exact) mass is 343 g/mol. The van der Waals surface area contributed by atoms with Gasteiger partial charge in [-0.3, -0.25) is 4.79 Å². The van der Waals surface area contributed by atoms with E-state index in [9.17, 15) is 9.59 Å². The second-order valence-corrected chi connectivity index (χ2v) is 7.55. The van der Waals surface area contributed by atoms with Gasteiger partial charge in [0.25, 0.3) is 5.91 Å². The van der Waals surface area contributed by atoms with Gasteiger partial charge in [-0.25, -0.2) is 9.78 Å². The molecule has 3 N–H and O–H groups in total. The molecule has 0 radical (unpaired) electrons. The Balaban J connectivity index is 1.53. The smallest absolute Gasteiger partial charge is 0.317 e. The summed E-state index contributed by atoms with van der Waals surface area (Å²) in [6.07, 6.45) is 3.13. The van der Waals surface area contributed by atoms with Crippen LogP contribution in [-0.4, -0.2) is 51.5 Å². The molecule has 7 nitrogen and oxygen atoms in total. The molecule has 1 aromatic heterocycles. The summed E-state index contributed by atoms with van der Waals surface area (Å²) in [4.78, 5) is 33.6. The van der Waals surface area contributed by atoms with Gasteiger partial charge in [-0.2, -0.15) is 0 Å². The van der Waals surface area contributed by atoms with E-state index in [0.717, 1.165) is 23.9 Å². The number of hydrogen-bond acceptors (Lipinski definition) is 3. The van der Waals surface area contributed by atoms with Gasteiger partial charge >= 0.3 is 6.03 Å². The number of carbonyl (C=O) groups excluding carboxylic acids is 2. The van der Waals surface area contributed by atoms with Crippen LogP contribution in [0, 0.1) is 0 Å². The van der Waals surface area contributed by atoms with Crippen LogP contribution in [0.1, 0.15) is 44.0 Å². The Labute approximate surface area is 147 Å². The lowest BCUT2D eigenvalue weighted by Gasteiger charge is -2.34. The standard InChI is InChI=1S/C18H25N5O2/c1-18(2,3)22-17(25)23-8-6-13(7-9-23)21-16(24)12-4-5-14-15(10-12)20-11-19-14/h4-5,10-11,13H,6-9H2,1-3H3,(H,19,20)(H,21,24)(H,22,25). The van der Waals surface area contributed by atoms with Gasteiger partial charge in [0.2, 0.25) is 0 Å². The van der Waals surface area contributed by atoms with Crippen molar-refractivity contribution >= 4 is 23.0 Å². The molecule has 0 aliphatic carbocycles. The molecule has 1 aliphatic rings. The van der Waals surface area contributed by atoms with Crippen molar-refractivity contribution in [3.05, 3.63) is 30.1 Å². The summed E-state index contributed by atoms with van der Waals surface area (Å²) in [5.74, 6) is -0.0888. The van der Waals surface area contributed by atoms with E-state index in [-0.39, 0.29) is 23.5 Å². The summed E-state index contributed by atoms with van der Waals surface area (Å²) >= 11 is 0. The summed E-state index contributed by atoms with van der Waals surface area (Å²) in [6.45, 7) is 7.19. The normalized spacial score (nSPS) is 16.0. The van der Waals surface area contributed by atoms with Crippen molar-refractivity contribution in [2.24, 2.45) is 0 Å². The fourth-order valence-electron chi connectivity index (χ4n) is 2.97. The summed E-state index contributed by atoms with van der Waals surface area (Å²) in [7, 11) is 0. The van der Waals surface area contributed by atoms with Crippen LogP contribution in [-0.2, 0) is 0 Å². The molecule has 3 rings (SSSR count). The van der Waals surface area contributed by atoms with Gasteiger partial charge < -0.3 is 20.5 Å². The maximum atomic E-state index is 12.4. The van der Waals surface area contributed by atoms with Gasteiger partial charge in [-0.1, -0.05) is 0 Å². The quantitative estimate of drug-likeness (QED) is 0.781. The van der Waals surface area contributed by atoms with E-state index in [1.807, 2.05) is 37.8 Å². The zero-order chi connectivity index (χ0) is 18.0. The maximum Gasteiger partial charge on any atom is 0.317 e. The number of imidazole rings is 1. The zero-order valence-electron chi connectivity index (χ0n) is 14.9. The first-order valence-corrected chi connectivity index (χ1v) is 8.63. The number of aromatic amines is 1. The molecule has 0 spiro atoms. The molecular formula is C18H25N5O2. The summed E-state index contributed by atoms with van der Waals surface area (Å²) < 4.78 is 0. The van der Waals surface area contributed by atoms with Crippen LogP contribution in [0.4, 0.5) is 4.79 Å². The highest BCUT2D eigenvalue weighted by atomic mass is 16.2. The molecule has 134 valence electrons. The number of piperidine rings is 1. The van der Waals surface area contributed by atoms with E-state index >= 15 is 0 Å². The van der Waals surface area contributed by atoms with Crippen molar-refractivity contribution < 1.29 is 9.59 Å². The number of urea groups is 1. The van der Waals surface area contributed by atoms with Gasteiger partial charge in [-0.05, 0) is 51.8 Å². The number of carbonyl (C=O) groups is 2. The van der Waals surface area contributed by atoms with E-state index in [2.05, 4.69) is 20.6 Å². The Morgan fingerprint density at radius 2 is 1.96 bits per heavy atom. The van der Waals surface area contributed by atoms with Crippen LogP contribution in [0.2, 0.25) is 0 Å². The number of nitrogens with one attached hydrogen (secondary N) is 3. The van der Waals surface area contributed by atoms with Gasteiger partial charge in [0.1, 0.15) is 0 Å². The zero-order valence-corrected chi connectivity index (χ0v) is 14.9. The van der Waals surface area contributed by atoms with Crippen LogP contribution >= 0.6 is 0 Å². The topological polar surface area (TPSA) is 90.1 Å². The molecule has 3 amide bonds. The molecule has 1 aromatic carbocycles. The second kappa shape index (κ2) is 6.74. The van der Waals surface area contributed by atoms with Crippen molar-refractivity contribution in [2.45, 2.75) is 45.2 Å². The van der Waals surface area contributed by atoms with Crippen LogP contribution in [0.5, 0.6) is 0 Å². The van der Waals surface area contributed by atoms with Crippen molar-refractivity contribution in [2.75, 3.05) is 13.1 Å². The first kappa shape index (κ1) is 17.3. The highest BCUT2D eigenvalue weighted by Gasteiger charge is 2.26. The van der Waals surface area contributed by atoms with Gasteiger partial charge in [-0.15, -0.1) is 0 Å². The SMILES string of the molecule is CC(C)(C)NC(=O)N1CCC(NC(=O)c2ccc3nc[nH]c3c2)CC1. The molecule has 2 aromatic rings. The highest BCUT2D eigenvalue weighted by Crippen LogP contribution is 2.15. The minimum atomic E-state index is -0.243. The molecule has 0 bridgehead atoms. The average Bonchev–Trinajstić information content (AvgIpc) is 3.01. The number of aromatic nitrogens is 2. The van der Waals surface area contributed by atoms with Crippen molar-refractivity contribution in [3.8, 4) is 0 Å². The van der Waals surface area contributed by atoms with Crippen LogP contribution < -0.4 is 10.6 Å². The number of fused-ring (bicyclic) bond motifs is 1. The minimum absolute atomic E-state index is 0.0398. The van der Waals surface area contributed by atoms with E-state index in [1.54, 1.807) is 12.4 Å². The molecular weight excluding hydrogens is 318 g/mol. The molecule has 1 aliphatic heterocycles. The second-order valence-electron chi connectivity index (χ2n) is 7.55. The molecule has 1 saturated heterocycles. The number of likely N-dealkylation sites (tertiary alicyclic amines) is 1. The fourth-order valence-corrected chi connectivity index (χ4v) is 2.97. The number of H-pyrrole nitrogens is 1. The lowest BCUT2D eigenvalue weighted by molar-refractivity contribution is 0.0917. The summed E-state index contributed by atoms with van der Waals surface area (Å²) in [5.41, 5.74) is 2.06. The van der Waals surface area contributed by atoms with Crippen molar-refractivity contribution in [3.63, 3.8) is 0 Å². The summed E-state index contributed by atoms with van der Waals surface area (Å²) in [6, 6.07) is 5.47. The summed E-state index contributed by atoms with van der Waals surface area (Å²) in [5, 5.41) is 6.04. The predicted molar refractivity (Wildman–Crippen MR) is 96.4 cm³/mol. The van der Waals surface area contributed by atoms with Gasteiger partial charge in [0.05, 0.1) is 17.4 Å². The average molecular weight is 343 g/mol. The number of rotatable bonds is 2. The molecule has 7 heteroatoms. The third-order valence-corrected chi connectivity index (χ3v) is 4.28. The molecule has 25 heavy (non-hydrogen) atoms. The van der Waals surface area contributed by atoms with Crippen molar-refractivity contribution in [1.29, 1.82) is 0 Å². The maximum absolute atomic E-state index is 12.4. The first-order valence-electron chi connectivity index (χ1n) is 8.63. The molecule has 1 fully saturated rings. The number of nitrogens with zero attached hydrogens (tertiary/aromatic N) is 2. The van der Waals surface area contributed by atoms with Crippen LogP contribution in [0.15, 0.2) is 24.5 Å². The van der Waals surface area contributed by atoms with E-state index < -0.39 is 0 Å². The Bertz CT molecular complexity index is 769. The van der Waals surface area contributed by atoms with Crippen molar-refractivity contribution in [1.82, 2.24) is 25.5 Å². The third-order valence-electron chi connectivity index (χ3n) is 4.28.